The van der Waals surface area contributed by atoms with E-state index in [1.165, 1.54) is 15.6 Å². The Hall–Kier alpha value is -2.24. The number of nitrogens with zero attached hydrogens (tertiary/aromatic N) is 4. The van der Waals surface area contributed by atoms with Gasteiger partial charge in [0.2, 0.25) is 15.9 Å². The summed E-state index contributed by atoms with van der Waals surface area (Å²) < 4.78 is 33.8. The number of hydrogen-bond acceptors (Lipinski definition) is 7. The van der Waals surface area contributed by atoms with E-state index in [1.54, 1.807) is 42.3 Å². The second-order valence-corrected chi connectivity index (χ2v) is 12.4. The maximum atomic E-state index is 13.8. The average Bonchev–Trinajstić information content (AvgIpc) is 3.33. The molecule has 2 heterocycles. The highest BCUT2D eigenvalue weighted by molar-refractivity contribution is 7.89. The smallest absolute Gasteiger partial charge is 0.243 e. The standard InChI is InChI=1S/C26H33ClN4O4S2/c1-4-29(5-2)16-17-31(26-28-23-11-6-20(27)18-24(23)36-26)25(32)19-12-14-30(15-13-19)37(33,34)22-9-7-21(35-3)8-10-22/h6-11,18-19H,4-5,12-17H2,1-3H3. The number of anilines is 1. The first kappa shape index (κ1) is 27.8. The molecule has 11 heteroatoms. The van der Waals surface area contributed by atoms with Crippen LogP contribution in [0.25, 0.3) is 10.2 Å². The van der Waals surface area contributed by atoms with Crippen LogP contribution in [0.1, 0.15) is 26.7 Å². The molecule has 8 nitrogen and oxygen atoms in total. The van der Waals surface area contributed by atoms with Gasteiger partial charge in [-0.1, -0.05) is 36.8 Å². The van der Waals surface area contributed by atoms with Crippen molar-refractivity contribution < 1.29 is 17.9 Å². The lowest BCUT2D eigenvalue weighted by atomic mass is 9.96. The minimum Gasteiger partial charge on any atom is -0.497 e. The number of benzene rings is 2. The summed E-state index contributed by atoms with van der Waals surface area (Å²) in [5.41, 5.74) is 0.811. The van der Waals surface area contributed by atoms with E-state index in [2.05, 4.69) is 18.7 Å². The van der Waals surface area contributed by atoms with Crippen molar-refractivity contribution in [3.8, 4) is 5.75 Å². The highest BCUT2D eigenvalue weighted by Gasteiger charge is 2.35. The van der Waals surface area contributed by atoms with Crippen molar-refractivity contribution >= 4 is 54.2 Å². The minimum atomic E-state index is -3.63. The summed E-state index contributed by atoms with van der Waals surface area (Å²) in [7, 11) is -2.09. The maximum Gasteiger partial charge on any atom is 0.243 e. The van der Waals surface area contributed by atoms with Gasteiger partial charge < -0.3 is 9.64 Å². The van der Waals surface area contributed by atoms with Gasteiger partial charge in [-0.3, -0.25) is 9.69 Å². The fraction of sp³-hybridized carbons (Fsp3) is 0.462. The van der Waals surface area contributed by atoms with Crippen molar-refractivity contribution in [2.45, 2.75) is 31.6 Å². The third kappa shape index (κ3) is 6.26. The maximum absolute atomic E-state index is 13.8. The van der Waals surface area contributed by atoms with Crippen LogP contribution < -0.4 is 9.64 Å². The van der Waals surface area contributed by atoms with Gasteiger partial charge >= 0.3 is 0 Å². The highest BCUT2D eigenvalue weighted by Crippen LogP contribution is 2.33. The largest absolute Gasteiger partial charge is 0.497 e. The number of amides is 1. The molecule has 4 rings (SSSR count). The number of fused-ring (bicyclic) bond motifs is 1. The zero-order valence-electron chi connectivity index (χ0n) is 21.4. The van der Waals surface area contributed by atoms with Gasteiger partial charge in [-0.2, -0.15) is 4.31 Å². The number of halogens is 1. The second kappa shape index (κ2) is 12.1. The number of carbonyl (C=O) groups excluding carboxylic acids is 1. The summed E-state index contributed by atoms with van der Waals surface area (Å²) >= 11 is 7.63. The number of rotatable bonds is 10. The van der Waals surface area contributed by atoms with E-state index in [0.29, 0.717) is 48.4 Å². The van der Waals surface area contributed by atoms with Crippen LogP contribution in [0.15, 0.2) is 47.4 Å². The number of sulfonamides is 1. The number of carbonyl (C=O) groups is 1. The molecule has 0 bridgehead atoms. The van der Waals surface area contributed by atoms with Crippen LogP contribution in [0.5, 0.6) is 5.75 Å². The number of likely N-dealkylation sites (N-methyl/N-ethyl adjacent to an activating group) is 1. The van der Waals surface area contributed by atoms with Crippen molar-refractivity contribution in [2.24, 2.45) is 5.92 Å². The van der Waals surface area contributed by atoms with Gasteiger partial charge in [0.15, 0.2) is 5.13 Å². The fourth-order valence-electron chi connectivity index (χ4n) is 4.54. The molecule has 0 radical (unpaired) electrons. The first-order valence-electron chi connectivity index (χ1n) is 12.5. The average molecular weight is 565 g/mol. The van der Waals surface area contributed by atoms with Crippen LogP contribution in [-0.4, -0.2) is 74.9 Å². The van der Waals surface area contributed by atoms with Gasteiger partial charge in [0, 0.05) is 37.1 Å². The fourth-order valence-corrected chi connectivity index (χ4v) is 7.29. The van der Waals surface area contributed by atoms with E-state index in [4.69, 9.17) is 21.3 Å². The van der Waals surface area contributed by atoms with Gasteiger partial charge in [-0.15, -0.1) is 0 Å². The SMILES string of the molecule is CCN(CC)CCN(C(=O)C1CCN(S(=O)(=O)c2ccc(OC)cc2)CC1)c1nc2ccc(Cl)cc2s1. The van der Waals surface area contributed by atoms with Gasteiger partial charge in [-0.25, -0.2) is 13.4 Å². The highest BCUT2D eigenvalue weighted by atomic mass is 35.5. The van der Waals surface area contributed by atoms with Crippen molar-refractivity contribution in [3.05, 3.63) is 47.5 Å². The van der Waals surface area contributed by atoms with Crippen molar-refractivity contribution in [1.29, 1.82) is 0 Å². The molecule has 2 aromatic carbocycles. The van der Waals surface area contributed by atoms with Gasteiger partial charge in [-0.05, 0) is 68.4 Å². The number of aromatic nitrogens is 1. The Bertz CT molecular complexity index is 1320. The lowest BCUT2D eigenvalue weighted by Gasteiger charge is -2.33. The summed E-state index contributed by atoms with van der Waals surface area (Å²) in [5.74, 6) is 0.332. The first-order chi connectivity index (χ1) is 17.8. The summed E-state index contributed by atoms with van der Waals surface area (Å²) in [6.07, 6.45) is 0.930. The third-order valence-electron chi connectivity index (χ3n) is 6.87. The molecule has 1 aliphatic rings. The Labute approximate surface area is 227 Å². The lowest BCUT2D eigenvalue weighted by molar-refractivity contribution is -0.123. The lowest BCUT2D eigenvalue weighted by Crippen LogP contribution is -2.46. The number of ether oxygens (including phenoxy) is 1. The van der Waals surface area contributed by atoms with E-state index < -0.39 is 10.0 Å². The Balaban J connectivity index is 1.50. The zero-order valence-corrected chi connectivity index (χ0v) is 23.8. The molecule has 0 atom stereocenters. The first-order valence-corrected chi connectivity index (χ1v) is 15.1. The Kier molecular flexibility index (Phi) is 9.07. The summed E-state index contributed by atoms with van der Waals surface area (Å²) in [6, 6.07) is 11.9. The molecule has 1 saturated heterocycles. The molecule has 0 unspecified atom stereocenters. The molecule has 0 aliphatic carbocycles. The predicted octanol–water partition coefficient (Wildman–Crippen LogP) is 4.73. The molecule has 37 heavy (non-hydrogen) atoms. The summed E-state index contributed by atoms with van der Waals surface area (Å²) in [4.78, 5) is 22.8. The topological polar surface area (TPSA) is 83.0 Å². The normalized spacial score (nSPS) is 15.4. The van der Waals surface area contributed by atoms with Gasteiger partial charge in [0.25, 0.3) is 0 Å². The number of piperidine rings is 1. The van der Waals surface area contributed by atoms with E-state index >= 15 is 0 Å². The van der Waals surface area contributed by atoms with E-state index in [-0.39, 0.29) is 16.7 Å². The molecule has 1 fully saturated rings. The van der Waals surface area contributed by atoms with E-state index in [1.807, 2.05) is 12.1 Å². The monoisotopic (exact) mass is 564 g/mol. The third-order valence-corrected chi connectivity index (χ3v) is 10.1. The van der Waals surface area contributed by atoms with Crippen LogP contribution >= 0.6 is 22.9 Å². The number of thiazole rings is 1. The van der Waals surface area contributed by atoms with Crippen LogP contribution in [0.3, 0.4) is 0 Å². The van der Waals surface area contributed by atoms with Crippen molar-refractivity contribution in [1.82, 2.24) is 14.2 Å². The van der Waals surface area contributed by atoms with Crippen molar-refractivity contribution in [3.63, 3.8) is 0 Å². The Morgan fingerprint density at radius 3 is 2.41 bits per heavy atom. The summed E-state index contributed by atoms with van der Waals surface area (Å²) in [6.45, 7) is 7.86. The number of hydrogen-bond donors (Lipinski definition) is 0. The molecule has 3 aromatic rings. The van der Waals surface area contributed by atoms with Gasteiger partial charge in [0.1, 0.15) is 5.75 Å². The van der Waals surface area contributed by atoms with Crippen LogP contribution in [0.2, 0.25) is 5.02 Å². The molecule has 1 aromatic heterocycles. The molecule has 200 valence electrons. The Morgan fingerprint density at radius 2 is 1.78 bits per heavy atom. The van der Waals surface area contributed by atoms with Crippen molar-refractivity contribution in [2.75, 3.05) is 51.3 Å². The summed E-state index contributed by atoms with van der Waals surface area (Å²) in [5, 5.41) is 1.29. The van der Waals surface area contributed by atoms with E-state index in [9.17, 15) is 13.2 Å². The number of methoxy groups -OCH3 is 1. The zero-order chi connectivity index (χ0) is 26.6. The quantitative estimate of drug-likeness (QED) is 0.354. The molecular weight excluding hydrogens is 532 g/mol. The molecular formula is C26H33ClN4O4S2. The molecule has 1 amide bonds. The molecule has 1 aliphatic heterocycles. The second-order valence-electron chi connectivity index (χ2n) is 8.98. The molecule has 0 spiro atoms. The molecule has 0 saturated carbocycles. The minimum absolute atomic E-state index is 0.00111. The van der Waals surface area contributed by atoms with E-state index in [0.717, 1.165) is 29.9 Å². The van der Waals surface area contributed by atoms with Crippen LogP contribution in [-0.2, 0) is 14.8 Å². The van der Waals surface area contributed by atoms with Gasteiger partial charge in [0.05, 0.1) is 22.2 Å². The van der Waals surface area contributed by atoms with Crippen LogP contribution in [0.4, 0.5) is 5.13 Å². The van der Waals surface area contributed by atoms with Crippen LogP contribution in [0, 0.1) is 5.92 Å². The molecule has 0 N–H and O–H groups in total. The predicted molar refractivity (Wildman–Crippen MR) is 149 cm³/mol. The Morgan fingerprint density at radius 1 is 1.11 bits per heavy atom.